The summed E-state index contributed by atoms with van der Waals surface area (Å²) in [5.41, 5.74) is 4.10. The van der Waals surface area contributed by atoms with E-state index in [2.05, 4.69) is 15.4 Å². The standard InChI is InChI=1S/C17H21N3O3/c1-2-23-17(21)10-15(13-5-3-7-18-11-13)9-16(20-22)14-6-4-8-19-12-14/h3-8,11-12,15-16,20,22H,2,9-10H2,1H3/t15-,16-/m0/s1. The van der Waals surface area contributed by atoms with E-state index in [1.54, 1.807) is 31.7 Å². The molecule has 0 radical (unpaired) electrons. The molecule has 0 saturated carbocycles. The highest BCUT2D eigenvalue weighted by Crippen LogP contribution is 2.30. The van der Waals surface area contributed by atoms with Crippen LogP contribution in [0.15, 0.2) is 49.1 Å². The number of ether oxygens (including phenoxy) is 1. The number of rotatable bonds is 8. The molecule has 0 spiro atoms. The molecule has 2 rings (SSSR count). The van der Waals surface area contributed by atoms with Gasteiger partial charge in [0.05, 0.1) is 19.1 Å². The average Bonchev–Trinajstić information content (AvgIpc) is 2.60. The molecule has 122 valence electrons. The molecule has 0 aromatic carbocycles. The first-order valence-electron chi connectivity index (χ1n) is 7.59. The van der Waals surface area contributed by atoms with Gasteiger partial charge in [0.2, 0.25) is 0 Å². The summed E-state index contributed by atoms with van der Waals surface area (Å²) in [5, 5.41) is 9.50. The van der Waals surface area contributed by atoms with Crippen LogP contribution in [0.4, 0.5) is 0 Å². The van der Waals surface area contributed by atoms with Gasteiger partial charge in [-0.2, -0.15) is 5.48 Å². The van der Waals surface area contributed by atoms with Gasteiger partial charge in [0.1, 0.15) is 0 Å². The fraction of sp³-hybridized carbons (Fsp3) is 0.353. The highest BCUT2D eigenvalue weighted by Gasteiger charge is 2.22. The zero-order valence-electron chi connectivity index (χ0n) is 13.1. The van der Waals surface area contributed by atoms with Crippen molar-refractivity contribution in [3.63, 3.8) is 0 Å². The van der Waals surface area contributed by atoms with Crippen LogP contribution in [0.3, 0.4) is 0 Å². The Hall–Kier alpha value is -2.31. The Morgan fingerprint density at radius 1 is 1.22 bits per heavy atom. The zero-order valence-corrected chi connectivity index (χ0v) is 13.1. The molecule has 2 atom stereocenters. The van der Waals surface area contributed by atoms with Gasteiger partial charge in [0, 0.05) is 24.8 Å². The quantitative estimate of drug-likeness (QED) is 0.575. The predicted molar refractivity (Wildman–Crippen MR) is 84.7 cm³/mol. The van der Waals surface area contributed by atoms with Crippen molar-refractivity contribution in [1.82, 2.24) is 15.4 Å². The van der Waals surface area contributed by atoms with Crippen LogP contribution >= 0.6 is 0 Å². The van der Waals surface area contributed by atoms with Crippen LogP contribution in [0.25, 0.3) is 0 Å². The molecule has 0 aliphatic heterocycles. The number of carbonyl (C=O) groups excluding carboxylic acids is 1. The summed E-state index contributed by atoms with van der Waals surface area (Å²) in [6.45, 7) is 2.13. The number of esters is 1. The van der Waals surface area contributed by atoms with Crippen LogP contribution in [-0.2, 0) is 9.53 Å². The van der Waals surface area contributed by atoms with Gasteiger partial charge in [-0.1, -0.05) is 12.1 Å². The number of hydroxylamine groups is 1. The van der Waals surface area contributed by atoms with Crippen LogP contribution in [-0.4, -0.2) is 27.8 Å². The smallest absolute Gasteiger partial charge is 0.306 e. The molecule has 0 aliphatic rings. The first kappa shape index (κ1) is 17.1. The first-order chi connectivity index (χ1) is 11.2. The van der Waals surface area contributed by atoms with Crippen molar-refractivity contribution in [2.45, 2.75) is 31.7 Å². The topological polar surface area (TPSA) is 84.3 Å². The number of hydrogen-bond acceptors (Lipinski definition) is 6. The van der Waals surface area contributed by atoms with E-state index in [1.807, 2.05) is 24.3 Å². The summed E-state index contributed by atoms with van der Waals surface area (Å²) in [4.78, 5) is 20.1. The van der Waals surface area contributed by atoms with E-state index < -0.39 is 0 Å². The van der Waals surface area contributed by atoms with Crippen LogP contribution in [0.5, 0.6) is 0 Å². The van der Waals surface area contributed by atoms with Crippen LogP contribution in [0, 0.1) is 0 Å². The molecule has 2 aromatic rings. The second-order valence-corrected chi connectivity index (χ2v) is 5.20. The third-order valence-electron chi connectivity index (χ3n) is 3.64. The maximum Gasteiger partial charge on any atom is 0.306 e. The molecule has 0 saturated heterocycles. The molecule has 0 aliphatic carbocycles. The van der Waals surface area contributed by atoms with Crippen LogP contribution in [0.2, 0.25) is 0 Å². The maximum atomic E-state index is 11.9. The van der Waals surface area contributed by atoms with Gasteiger partial charge >= 0.3 is 5.97 Å². The Morgan fingerprint density at radius 3 is 2.39 bits per heavy atom. The van der Waals surface area contributed by atoms with Gasteiger partial charge in [-0.05, 0) is 42.5 Å². The fourth-order valence-corrected chi connectivity index (χ4v) is 2.51. The molecule has 0 amide bonds. The SMILES string of the molecule is CCOC(=O)C[C@H](C[C@H](NO)c1cccnc1)c1cccnc1. The van der Waals surface area contributed by atoms with Crippen molar-refractivity contribution in [2.24, 2.45) is 0 Å². The average molecular weight is 315 g/mol. The first-order valence-corrected chi connectivity index (χ1v) is 7.59. The van der Waals surface area contributed by atoms with E-state index >= 15 is 0 Å². The van der Waals surface area contributed by atoms with E-state index in [0.717, 1.165) is 11.1 Å². The van der Waals surface area contributed by atoms with Crippen molar-refractivity contribution in [2.75, 3.05) is 6.61 Å². The number of nitrogens with one attached hydrogen (secondary N) is 1. The fourth-order valence-electron chi connectivity index (χ4n) is 2.51. The van der Waals surface area contributed by atoms with Gasteiger partial charge in [-0.3, -0.25) is 14.8 Å². The molecule has 6 nitrogen and oxygen atoms in total. The molecule has 0 bridgehead atoms. The number of carbonyl (C=O) groups is 1. The Morgan fingerprint density at radius 2 is 1.87 bits per heavy atom. The van der Waals surface area contributed by atoms with Gasteiger partial charge in [0.25, 0.3) is 0 Å². The van der Waals surface area contributed by atoms with E-state index in [9.17, 15) is 10.0 Å². The molecule has 0 fully saturated rings. The van der Waals surface area contributed by atoms with Crippen molar-refractivity contribution < 1.29 is 14.7 Å². The molecule has 2 heterocycles. The molecular weight excluding hydrogens is 294 g/mol. The van der Waals surface area contributed by atoms with E-state index in [1.165, 1.54) is 0 Å². The summed E-state index contributed by atoms with van der Waals surface area (Å²) in [6, 6.07) is 7.12. The monoisotopic (exact) mass is 315 g/mol. The Balaban J connectivity index is 2.17. The lowest BCUT2D eigenvalue weighted by atomic mass is 9.88. The zero-order chi connectivity index (χ0) is 16.5. The van der Waals surface area contributed by atoms with Gasteiger partial charge in [-0.15, -0.1) is 0 Å². The highest BCUT2D eigenvalue weighted by atomic mass is 16.5. The number of nitrogens with zero attached hydrogens (tertiary/aromatic N) is 2. The Kier molecular flexibility index (Phi) is 6.65. The summed E-state index contributed by atoms with van der Waals surface area (Å²) in [5.74, 6) is -0.378. The summed E-state index contributed by atoms with van der Waals surface area (Å²) >= 11 is 0. The van der Waals surface area contributed by atoms with Crippen LogP contribution in [0.1, 0.15) is 42.9 Å². The predicted octanol–water partition coefficient (Wildman–Crippen LogP) is 2.62. The second kappa shape index (κ2) is 8.97. The molecule has 2 aromatic heterocycles. The second-order valence-electron chi connectivity index (χ2n) is 5.20. The van der Waals surface area contributed by atoms with Crippen molar-refractivity contribution in [1.29, 1.82) is 0 Å². The number of pyridine rings is 2. The minimum atomic E-state index is -0.330. The Bertz CT molecular complexity index is 593. The van der Waals surface area contributed by atoms with Crippen LogP contribution < -0.4 is 5.48 Å². The van der Waals surface area contributed by atoms with Crippen molar-refractivity contribution in [3.05, 3.63) is 60.2 Å². The molecule has 0 unspecified atom stereocenters. The van der Waals surface area contributed by atoms with E-state index in [4.69, 9.17) is 4.74 Å². The maximum absolute atomic E-state index is 11.9. The molecule has 23 heavy (non-hydrogen) atoms. The minimum absolute atomic E-state index is 0.118. The summed E-state index contributed by atoms with van der Waals surface area (Å²) in [6.07, 6.45) is 7.55. The lowest BCUT2D eigenvalue weighted by Crippen LogP contribution is -2.22. The summed E-state index contributed by atoms with van der Waals surface area (Å²) in [7, 11) is 0. The van der Waals surface area contributed by atoms with E-state index in [0.29, 0.717) is 13.0 Å². The number of hydrogen-bond donors (Lipinski definition) is 2. The van der Waals surface area contributed by atoms with E-state index in [-0.39, 0.29) is 24.3 Å². The van der Waals surface area contributed by atoms with Crippen molar-refractivity contribution in [3.8, 4) is 0 Å². The van der Waals surface area contributed by atoms with Gasteiger partial charge in [-0.25, -0.2) is 0 Å². The minimum Gasteiger partial charge on any atom is -0.466 e. The molecular formula is C17H21N3O3. The number of aromatic nitrogens is 2. The third-order valence-corrected chi connectivity index (χ3v) is 3.64. The van der Waals surface area contributed by atoms with Gasteiger partial charge in [0.15, 0.2) is 0 Å². The lowest BCUT2D eigenvalue weighted by molar-refractivity contribution is -0.143. The van der Waals surface area contributed by atoms with Crippen molar-refractivity contribution >= 4 is 5.97 Å². The summed E-state index contributed by atoms with van der Waals surface area (Å²) < 4.78 is 5.06. The molecule has 6 heteroatoms. The largest absolute Gasteiger partial charge is 0.466 e. The van der Waals surface area contributed by atoms with Gasteiger partial charge < -0.3 is 9.94 Å². The Labute approximate surface area is 135 Å². The normalized spacial score (nSPS) is 13.3. The highest BCUT2D eigenvalue weighted by molar-refractivity contribution is 5.70. The molecule has 2 N–H and O–H groups in total. The third kappa shape index (κ3) is 5.12. The lowest BCUT2D eigenvalue weighted by Gasteiger charge is -2.22.